The Bertz CT molecular complexity index is 2270. The Labute approximate surface area is 351 Å². The van der Waals surface area contributed by atoms with Gasteiger partial charge in [-0.15, -0.1) is 0 Å². The van der Waals surface area contributed by atoms with Gasteiger partial charge >= 0.3 is 0 Å². The van der Waals surface area contributed by atoms with Crippen molar-refractivity contribution in [1.29, 1.82) is 5.26 Å². The van der Waals surface area contributed by atoms with E-state index in [0.29, 0.717) is 35.5 Å². The first-order valence-electron chi connectivity index (χ1n) is 20.8. The van der Waals surface area contributed by atoms with Gasteiger partial charge in [-0.25, -0.2) is 14.4 Å². The van der Waals surface area contributed by atoms with Crippen molar-refractivity contribution in [2.75, 3.05) is 49.1 Å². The molecule has 1 aliphatic carbocycles. The molecule has 17 heteroatoms. The third-order valence-electron chi connectivity index (χ3n) is 13.3. The zero-order valence-corrected chi connectivity index (χ0v) is 33.8. The van der Waals surface area contributed by atoms with Crippen LogP contribution in [-0.2, 0) is 9.59 Å². The lowest BCUT2D eigenvalue weighted by Crippen LogP contribution is -2.62. The van der Waals surface area contributed by atoms with Crippen LogP contribution in [0.4, 0.5) is 15.9 Å². The normalized spacial score (nSPS) is 24.5. The lowest BCUT2D eigenvalue weighted by molar-refractivity contribution is -0.136. The fourth-order valence-corrected chi connectivity index (χ4v) is 10.0. The van der Waals surface area contributed by atoms with Gasteiger partial charge in [-0.2, -0.15) is 5.26 Å². The first kappa shape index (κ1) is 39.8. The van der Waals surface area contributed by atoms with E-state index >= 15 is 4.39 Å². The summed E-state index contributed by atoms with van der Waals surface area (Å²) in [7, 11) is 0. The molecule has 1 aromatic heterocycles. The van der Waals surface area contributed by atoms with E-state index in [-0.39, 0.29) is 58.8 Å². The summed E-state index contributed by atoms with van der Waals surface area (Å²) in [6.45, 7) is 4.88. The van der Waals surface area contributed by atoms with Gasteiger partial charge in [0.25, 0.3) is 17.7 Å². The Hall–Kier alpha value is -5.66. The van der Waals surface area contributed by atoms with E-state index < -0.39 is 35.5 Å². The van der Waals surface area contributed by atoms with Gasteiger partial charge in [0.05, 0.1) is 45.9 Å². The first-order valence-corrected chi connectivity index (χ1v) is 21.1. The smallest absolute Gasteiger partial charge is 0.271 e. The van der Waals surface area contributed by atoms with E-state index in [0.717, 1.165) is 94.3 Å². The molecule has 1 spiro atoms. The van der Waals surface area contributed by atoms with Crippen LogP contribution in [-0.4, -0.2) is 113 Å². The molecular formula is C43H45ClFN9O6. The Kier molecular flexibility index (Phi) is 10.7. The molecule has 1 atom stereocenters. The highest BCUT2D eigenvalue weighted by molar-refractivity contribution is 6.31. The number of likely N-dealkylation sites (tertiary alicyclic amines) is 1. The average molecular weight is 838 g/mol. The van der Waals surface area contributed by atoms with Crippen molar-refractivity contribution >= 4 is 52.6 Å². The van der Waals surface area contributed by atoms with Crippen LogP contribution in [0.15, 0.2) is 42.7 Å². The van der Waals surface area contributed by atoms with Crippen molar-refractivity contribution in [1.82, 2.24) is 30.4 Å². The van der Waals surface area contributed by atoms with Gasteiger partial charge in [0, 0.05) is 56.2 Å². The summed E-state index contributed by atoms with van der Waals surface area (Å²) in [5, 5.41) is 14.7. The number of benzene rings is 2. The van der Waals surface area contributed by atoms with E-state index in [4.69, 9.17) is 21.6 Å². The zero-order chi connectivity index (χ0) is 41.7. The Morgan fingerprint density at radius 2 is 1.62 bits per heavy atom. The molecule has 1 saturated carbocycles. The van der Waals surface area contributed by atoms with Gasteiger partial charge in [0.2, 0.25) is 11.8 Å². The van der Waals surface area contributed by atoms with Crippen molar-refractivity contribution in [3.63, 3.8) is 0 Å². The van der Waals surface area contributed by atoms with Crippen LogP contribution in [0.5, 0.6) is 5.75 Å². The first-order chi connectivity index (χ1) is 29.0. The van der Waals surface area contributed by atoms with Crippen LogP contribution in [0.1, 0.15) is 101 Å². The van der Waals surface area contributed by atoms with Gasteiger partial charge in [-0.3, -0.25) is 34.2 Å². The summed E-state index contributed by atoms with van der Waals surface area (Å²) in [4.78, 5) is 80.2. The summed E-state index contributed by atoms with van der Waals surface area (Å²) >= 11 is 6.15. The minimum absolute atomic E-state index is 0.00943. The Balaban J connectivity index is 0.709. The number of carbonyl (C=O) groups is 5. The number of hydrogen-bond donors (Lipinski definition) is 2. The number of piperidine rings is 3. The molecule has 5 fully saturated rings. The number of imide groups is 2. The van der Waals surface area contributed by atoms with Crippen molar-refractivity contribution in [3.05, 3.63) is 75.9 Å². The zero-order valence-electron chi connectivity index (χ0n) is 33.0. The topological polar surface area (TPSA) is 181 Å². The maximum Gasteiger partial charge on any atom is 0.271 e. The number of anilines is 2. The second-order valence-electron chi connectivity index (χ2n) is 17.0. The molecule has 0 bridgehead atoms. The molecule has 5 amide bonds. The molecule has 2 N–H and O–H groups in total. The van der Waals surface area contributed by atoms with E-state index in [9.17, 15) is 24.0 Å². The number of amides is 5. The number of aromatic nitrogens is 2. The van der Waals surface area contributed by atoms with Crippen molar-refractivity contribution in [3.8, 4) is 11.8 Å². The molecule has 4 saturated heterocycles. The number of carbonyl (C=O) groups excluding carboxylic acids is 5. The van der Waals surface area contributed by atoms with E-state index in [1.807, 2.05) is 11.0 Å². The number of nitrogens with one attached hydrogen (secondary N) is 2. The lowest BCUT2D eigenvalue weighted by Gasteiger charge is -2.56. The second-order valence-corrected chi connectivity index (χ2v) is 17.4. The van der Waals surface area contributed by atoms with Gasteiger partial charge < -0.3 is 24.8 Å². The van der Waals surface area contributed by atoms with Gasteiger partial charge in [-0.1, -0.05) is 11.6 Å². The minimum Gasteiger partial charge on any atom is -0.490 e. The van der Waals surface area contributed by atoms with Crippen LogP contribution in [0.3, 0.4) is 0 Å². The second kappa shape index (κ2) is 16.1. The quantitative estimate of drug-likeness (QED) is 0.309. The molecule has 15 nitrogen and oxygen atoms in total. The summed E-state index contributed by atoms with van der Waals surface area (Å²) in [6.07, 6.45) is 10.3. The third-order valence-corrected chi connectivity index (χ3v) is 13.6. The fraction of sp³-hybridized carbons (Fsp3) is 0.488. The molecule has 60 heavy (non-hydrogen) atoms. The van der Waals surface area contributed by atoms with Gasteiger partial charge in [0.15, 0.2) is 0 Å². The van der Waals surface area contributed by atoms with Crippen LogP contribution in [0.25, 0.3) is 0 Å². The van der Waals surface area contributed by atoms with Gasteiger partial charge in [0.1, 0.15) is 35.2 Å². The van der Waals surface area contributed by atoms with Gasteiger partial charge in [-0.05, 0) is 95.1 Å². The fourth-order valence-electron chi connectivity index (χ4n) is 9.83. The number of fused-ring (bicyclic) bond motifs is 1. The molecule has 9 rings (SSSR count). The average Bonchev–Trinajstić information content (AvgIpc) is 3.47. The highest BCUT2D eigenvalue weighted by atomic mass is 35.5. The number of ether oxygens (including phenoxy) is 1. The third kappa shape index (κ3) is 7.64. The van der Waals surface area contributed by atoms with Crippen molar-refractivity contribution in [2.24, 2.45) is 5.41 Å². The standard InChI is InChI=1S/C43H45ClFN9O6/c44-32-17-29(4-1-25(32)20-46)60-28-5-2-26(3-6-28)49-39(56)34-21-48-37(22-47-34)52-13-9-27(10-14-52)51-15-11-43(12-16-51)23-53(24-43)36-19-31-30(18-33(36)45)41(58)54(42(31)59)35-7-8-38(55)50-40(35)57/h1,4,17-19,21-22,26-28,35H,2-3,5-16,23-24H2,(H,49,56)(H,50,55,57). The van der Waals surface area contributed by atoms with E-state index in [2.05, 4.69) is 30.4 Å². The largest absolute Gasteiger partial charge is 0.490 e. The maximum atomic E-state index is 15.5. The van der Waals surface area contributed by atoms with Crippen molar-refractivity contribution < 1.29 is 33.1 Å². The predicted octanol–water partition coefficient (Wildman–Crippen LogP) is 4.23. The SMILES string of the molecule is N#Cc1ccc(OC2CCC(NC(=O)c3cnc(N4CCC(N5CCC6(CC5)CN(c5cc7c(cc5F)C(=O)N(C5CCC(=O)NC5=O)C7=O)C6)CC4)cn3)CC2)cc1Cl. The highest BCUT2D eigenvalue weighted by Crippen LogP contribution is 2.45. The number of halogens is 2. The Morgan fingerprint density at radius 1 is 0.900 bits per heavy atom. The number of nitrogens with zero attached hydrogens (tertiary/aromatic N) is 7. The number of hydrogen-bond acceptors (Lipinski definition) is 12. The van der Waals surface area contributed by atoms with E-state index in [1.54, 1.807) is 30.6 Å². The molecule has 312 valence electrons. The summed E-state index contributed by atoms with van der Waals surface area (Å²) in [5.41, 5.74) is 1.07. The van der Waals surface area contributed by atoms with E-state index in [1.165, 1.54) is 6.07 Å². The predicted molar refractivity (Wildman–Crippen MR) is 216 cm³/mol. The van der Waals surface area contributed by atoms with Crippen molar-refractivity contribution in [2.45, 2.75) is 88.4 Å². The maximum absolute atomic E-state index is 15.5. The van der Waals surface area contributed by atoms with Crippen LogP contribution in [0, 0.1) is 22.6 Å². The number of rotatable bonds is 8. The van der Waals surface area contributed by atoms with Crippen LogP contribution in [0.2, 0.25) is 5.02 Å². The minimum atomic E-state index is -1.10. The summed E-state index contributed by atoms with van der Waals surface area (Å²) < 4.78 is 21.5. The molecule has 0 radical (unpaired) electrons. The Morgan fingerprint density at radius 3 is 2.27 bits per heavy atom. The summed E-state index contributed by atoms with van der Waals surface area (Å²) in [5.74, 6) is -1.93. The monoisotopic (exact) mass is 837 g/mol. The molecule has 5 aliphatic heterocycles. The molecule has 6 aliphatic rings. The molecule has 2 aromatic carbocycles. The summed E-state index contributed by atoms with van der Waals surface area (Å²) in [6, 6.07) is 9.04. The van der Waals surface area contributed by atoms with Crippen LogP contribution >= 0.6 is 11.6 Å². The molecular weight excluding hydrogens is 793 g/mol. The molecule has 1 unspecified atom stereocenters. The van der Waals surface area contributed by atoms with Crippen LogP contribution < -0.4 is 25.2 Å². The number of nitriles is 1. The highest BCUT2D eigenvalue weighted by Gasteiger charge is 2.49. The lowest BCUT2D eigenvalue weighted by atomic mass is 9.71. The molecule has 6 heterocycles. The molecule has 3 aromatic rings.